The van der Waals surface area contributed by atoms with Crippen molar-refractivity contribution >= 4 is 5.97 Å². The molecule has 0 atom stereocenters. The number of aromatic carboxylic acids is 1. The van der Waals surface area contributed by atoms with Crippen molar-refractivity contribution in [2.75, 3.05) is 0 Å². The molecule has 4 rings (SSSR count). The Morgan fingerprint density at radius 2 is 1.49 bits per heavy atom. The number of carboxylic acid groups (broad SMARTS) is 1. The Kier molecular flexibility index (Phi) is 7.53. The van der Waals surface area contributed by atoms with Crippen LogP contribution in [0.1, 0.15) is 93.5 Å². The molecule has 2 fully saturated rings. The molecule has 0 unspecified atom stereocenters. The molecule has 2 aromatic rings. The lowest BCUT2D eigenvalue weighted by atomic mass is 9.56. The lowest BCUT2D eigenvalue weighted by Gasteiger charge is -2.48. The van der Waals surface area contributed by atoms with Gasteiger partial charge in [-0.2, -0.15) is 0 Å². The van der Waals surface area contributed by atoms with Crippen LogP contribution < -0.4 is 0 Å². The SMILES string of the molecule is CCCC1CCC(C2(c3cc(F)c(C(=O)O)c(F)c3-c3cc(F)c(F)c(F)c3)CCCCC2)CC1. The number of carbonyl (C=O) groups is 1. The first-order chi connectivity index (χ1) is 16.7. The highest BCUT2D eigenvalue weighted by atomic mass is 19.2. The normalized spacial score (nSPS) is 22.2. The molecule has 2 saturated carbocycles. The maximum absolute atomic E-state index is 15.8. The highest BCUT2D eigenvalue weighted by Gasteiger charge is 2.45. The standard InChI is InChI=1S/C28H31F5O2/c1-2-6-16-7-9-18(10-8-16)28(11-4-3-5-12-28)19-15-20(29)24(27(34)35)26(33)23(19)17-13-21(30)25(32)22(31)14-17/h13-16,18H,2-12H2,1H3,(H,34,35). The fourth-order valence-corrected chi connectivity index (χ4v) is 6.68. The van der Waals surface area contributed by atoms with Crippen molar-refractivity contribution in [3.8, 4) is 11.1 Å². The van der Waals surface area contributed by atoms with Crippen LogP contribution in [0.5, 0.6) is 0 Å². The second-order valence-electron chi connectivity index (χ2n) is 10.3. The molecular weight excluding hydrogens is 463 g/mol. The summed E-state index contributed by atoms with van der Waals surface area (Å²) < 4.78 is 73.0. The minimum atomic E-state index is -1.81. The molecule has 2 aromatic carbocycles. The predicted molar refractivity (Wildman–Crippen MR) is 124 cm³/mol. The fraction of sp³-hybridized carbons (Fsp3) is 0.536. The van der Waals surface area contributed by atoms with E-state index in [-0.39, 0.29) is 22.6 Å². The van der Waals surface area contributed by atoms with Gasteiger partial charge < -0.3 is 5.11 Å². The summed E-state index contributed by atoms with van der Waals surface area (Å²) in [6.07, 6.45) is 9.95. The van der Waals surface area contributed by atoms with Crippen molar-refractivity contribution < 1.29 is 31.9 Å². The lowest BCUT2D eigenvalue weighted by molar-refractivity contribution is 0.0686. The van der Waals surface area contributed by atoms with Crippen LogP contribution in [0, 0.1) is 40.9 Å². The quantitative estimate of drug-likeness (QED) is 0.323. The molecule has 190 valence electrons. The van der Waals surface area contributed by atoms with Gasteiger partial charge in [0.2, 0.25) is 0 Å². The van der Waals surface area contributed by atoms with Crippen molar-refractivity contribution in [2.24, 2.45) is 11.8 Å². The summed E-state index contributed by atoms with van der Waals surface area (Å²) in [4.78, 5) is 11.7. The topological polar surface area (TPSA) is 37.3 Å². The lowest BCUT2D eigenvalue weighted by Crippen LogP contribution is -2.40. The minimum Gasteiger partial charge on any atom is -0.477 e. The van der Waals surface area contributed by atoms with Crippen molar-refractivity contribution in [1.82, 2.24) is 0 Å². The summed E-state index contributed by atoms with van der Waals surface area (Å²) in [6, 6.07) is 2.39. The first-order valence-corrected chi connectivity index (χ1v) is 12.6. The number of hydrogen-bond acceptors (Lipinski definition) is 1. The van der Waals surface area contributed by atoms with Gasteiger partial charge in [0.05, 0.1) is 0 Å². The maximum Gasteiger partial charge on any atom is 0.341 e. The zero-order valence-corrected chi connectivity index (χ0v) is 19.9. The van der Waals surface area contributed by atoms with E-state index in [2.05, 4.69) is 6.92 Å². The van der Waals surface area contributed by atoms with Crippen LogP contribution in [-0.4, -0.2) is 11.1 Å². The van der Waals surface area contributed by atoms with E-state index in [0.29, 0.717) is 30.9 Å². The van der Waals surface area contributed by atoms with Gasteiger partial charge in [-0.25, -0.2) is 26.7 Å². The maximum atomic E-state index is 15.8. The molecule has 0 aromatic heterocycles. The molecule has 0 amide bonds. The zero-order valence-electron chi connectivity index (χ0n) is 19.9. The number of rotatable bonds is 6. The molecular formula is C28H31F5O2. The zero-order chi connectivity index (χ0) is 25.3. The fourth-order valence-electron chi connectivity index (χ4n) is 6.68. The van der Waals surface area contributed by atoms with Crippen LogP contribution in [-0.2, 0) is 5.41 Å². The Balaban J connectivity index is 1.94. The average Bonchev–Trinajstić information content (AvgIpc) is 2.83. The predicted octanol–water partition coefficient (Wildman–Crippen LogP) is 8.56. The summed E-state index contributed by atoms with van der Waals surface area (Å²) >= 11 is 0. The second kappa shape index (κ2) is 10.3. The van der Waals surface area contributed by atoms with Crippen LogP contribution in [0.25, 0.3) is 11.1 Å². The van der Waals surface area contributed by atoms with E-state index in [1.165, 1.54) is 0 Å². The first-order valence-electron chi connectivity index (χ1n) is 12.6. The number of halogens is 5. The Bertz CT molecular complexity index is 1080. The van der Waals surface area contributed by atoms with Crippen LogP contribution in [0.3, 0.4) is 0 Å². The molecule has 0 heterocycles. The van der Waals surface area contributed by atoms with Crippen molar-refractivity contribution in [3.05, 3.63) is 58.4 Å². The summed E-state index contributed by atoms with van der Waals surface area (Å²) in [5, 5.41) is 9.48. The molecule has 0 aliphatic heterocycles. The molecule has 7 heteroatoms. The highest BCUT2D eigenvalue weighted by Crippen LogP contribution is 2.54. The molecule has 0 saturated heterocycles. The Labute approximate surface area is 202 Å². The molecule has 0 bridgehead atoms. The molecule has 0 spiro atoms. The van der Waals surface area contributed by atoms with Gasteiger partial charge in [0.1, 0.15) is 17.2 Å². The number of hydrogen-bond donors (Lipinski definition) is 1. The van der Waals surface area contributed by atoms with Gasteiger partial charge in [-0.3, -0.25) is 0 Å². The van der Waals surface area contributed by atoms with E-state index in [0.717, 1.165) is 63.9 Å². The van der Waals surface area contributed by atoms with Gasteiger partial charge >= 0.3 is 5.97 Å². The first kappa shape index (κ1) is 25.6. The summed E-state index contributed by atoms with van der Waals surface area (Å²) in [6.45, 7) is 2.15. The number of benzene rings is 2. The van der Waals surface area contributed by atoms with Gasteiger partial charge in [-0.05, 0) is 72.3 Å². The van der Waals surface area contributed by atoms with Gasteiger partial charge in [-0.15, -0.1) is 0 Å². The van der Waals surface area contributed by atoms with E-state index >= 15 is 8.78 Å². The Morgan fingerprint density at radius 3 is 2.03 bits per heavy atom. The molecule has 35 heavy (non-hydrogen) atoms. The van der Waals surface area contributed by atoms with Gasteiger partial charge in [0, 0.05) is 5.56 Å². The Hall–Kier alpha value is -2.44. The van der Waals surface area contributed by atoms with Gasteiger partial charge in [0.25, 0.3) is 0 Å². The molecule has 1 N–H and O–H groups in total. The van der Waals surface area contributed by atoms with Crippen LogP contribution in [0.4, 0.5) is 22.0 Å². The monoisotopic (exact) mass is 494 g/mol. The molecule has 2 aliphatic carbocycles. The Morgan fingerprint density at radius 1 is 0.886 bits per heavy atom. The van der Waals surface area contributed by atoms with E-state index in [1.54, 1.807) is 0 Å². The van der Waals surface area contributed by atoms with Gasteiger partial charge in [0.15, 0.2) is 17.5 Å². The molecule has 2 nitrogen and oxygen atoms in total. The van der Waals surface area contributed by atoms with Crippen molar-refractivity contribution in [2.45, 2.75) is 83.0 Å². The molecule has 0 radical (unpaired) electrons. The third-order valence-electron chi connectivity index (χ3n) is 8.31. The van der Waals surface area contributed by atoms with Crippen LogP contribution >= 0.6 is 0 Å². The van der Waals surface area contributed by atoms with E-state index in [9.17, 15) is 23.1 Å². The van der Waals surface area contributed by atoms with Crippen molar-refractivity contribution in [1.29, 1.82) is 0 Å². The van der Waals surface area contributed by atoms with E-state index < -0.39 is 46.0 Å². The average molecular weight is 495 g/mol. The third kappa shape index (κ3) is 4.70. The van der Waals surface area contributed by atoms with E-state index in [1.807, 2.05) is 0 Å². The summed E-state index contributed by atoms with van der Waals surface area (Å²) in [7, 11) is 0. The molecule has 2 aliphatic rings. The number of carboxylic acids is 1. The van der Waals surface area contributed by atoms with E-state index in [4.69, 9.17) is 0 Å². The summed E-state index contributed by atoms with van der Waals surface area (Å²) in [5.74, 6) is -8.39. The minimum absolute atomic E-state index is 0.110. The van der Waals surface area contributed by atoms with Crippen LogP contribution in [0.15, 0.2) is 18.2 Å². The third-order valence-corrected chi connectivity index (χ3v) is 8.31. The summed E-state index contributed by atoms with van der Waals surface area (Å²) in [5.41, 5.74) is -2.22. The van der Waals surface area contributed by atoms with Crippen molar-refractivity contribution in [3.63, 3.8) is 0 Å². The largest absolute Gasteiger partial charge is 0.477 e. The van der Waals surface area contributed by atoms with Gasteiger partial charge in [-0.1, -0.05) is 51.9 Å². The smallest absolute Gasteiger partial charge is 0.341 e. The second-order valence-corrected chi connectivity index (χ2v) is 10.3. The highest BCUT2D eigenvalue weighted by molar-refractivity contribution is 5.91. The van der Waals surface area contributed by atoms with Crippen LogP contribution in [0.2, 0.25) is 0 Å².